The minimum absolute atomic E-state index is 0.223. The molecule has 2 aromatic carbocycles. The molecule has 0 amide bonds. The van der Waals surface area contributed by atoms with Crippen LogP contribution in [0.1, 0.15) is 22.3 Å². The highest BCUT2D eigenvalue weighted by atomic mass is 79.9. The lowest BCUT2D eigenvalue weighted by Crippen LogP contribution is -1.98. The molecule has 0 saturated carbocycles. The van der Waals surface area contributed by atoms with Crippen molar-refractivity contribution >= 4 is 15.9 Å². The van der Waals surface area contributed by atoms with Gasteiger partial charge in [-0.05, 0) is 54.3 Å². The summed E-state index contributed by atoms with van der Waals surface area (Å²) in [4.78, 5) is 0. The van der Waals surface area contributed by atoms with Crippen LogP contribution in [0.25, 0.3) is 0 Å². The molecule has 0 radical (unpaired) electrons. The minimum atomic E-state index is 0.223. The second-order valence-electron chi connectivity index (χ2n) is 4.33. The Bertz CT molecular complexity index is 694. The fourth-order valence-corrected chi connectivity index (χ4v) is 2.49. The molecule has 20 heavy (non-hydrogen) atoms. The lowest BCUT2D eigenvalue weighted by Gasteiger charge is -2.08. The van der Waals surface area contributed by atoms with Crippen molar-refractivity contribution in [2.45, 2.75) is 12.8 Å². The van der Waals surface area contributed by atoms with Crippen molar-refractivity contribution < 1.29 is 5.11 Å². The first-order chi connectivity index (χ1) is 9.65. The van der Waals surface area contributed by atoms with E-state index in [0.717, 1.165) is 15.6 Å². The van der Waals surface area contributed by atoms with E-state index in [1.54, 1.807) is 30.3 Å². The van der Waals surface area contributed by atoms with Crippen LogP contribution < -0.4 is 0 Å². The van der Waals surface area contributed by atoms with Gasteiger partial charge >= 0.3 is 0 Å². The van der Waals surface area contributed by atoms with Crippen LogP contribution in [-0.2, 0) is 12.8 Å². The number of phenolic OH excluding ortho intramolecular Hbond substituents is 1. The van der Waals surface area contributed by atoms with Gasteiger partial charge in [-0.3, -0.25) is 0 Å². The maximum atomic E-state index is 9.82. The molecule has 0 bridgehead atoms. The molecule has 2 aromatic rings. The number of nitriles is 2. The Balaban J connectivity index is 2.30. The predicted octanol–water partition coefficient (Wildman–Crippen LogP) is 3.68. The Kier molecular flexibility index (Phi) is 4.40. The highest BCUT2D eigenvalue weighted by Gasteiger charge is 2.10. The number of rotatable bonds is 3. The average Bonchev–Trinajstić information content (AvgIpc) is 2.47. The monoisotopic (exact) mass is 326 g/mol. The fraction of sp³-hybridized carbons (Fsp3) is 0.125. The predicted molar refractivity (Wildman–Crippen MR) is 79.1 cm³/mol. The van der Waals surface area contributed by atoms with Gasteiger partial charge in [0.25, 0.3) is 0 Å². The zero-order valence-corrected chi connectivity index (χ0v) is 12.2. The summed E-state index contributed by atoms with van der Waals surface area (Å²) < 4.78 is 0.888. The van der Waals surface area contributed by atoms with Crippen LogP contribution in [0.3, 0.4) is 0 Å². The number of benzene rings is 2. The van der Waals surface area contributed by atoms with Crippen molar-refractivity contribution in [2.24, 2.45) is 0 Å². The van der Waals surface area contributed by atoms with Crippen molar-refractivity contribution in [1.82, 2.24) is 0 Å². The molecule has 2 rings (SSSR count). The average molecular weight is 327 g/mol. The van der Waals surface area contributed by atoms with E-state index in [2.05, 4.69) is 28.1 Å². The molecule has 0 unspecified atom stereocenters. The fourth-order valence-electron chi connectivity index (χ4n) is 2.08. The number of halogens is 1. The summed E-state index contributed by atoms with van der Waals surface area (Å²) >= 11 is 3.36. The molecule has 0 saturated heterocycles. The summed E-state index contributed by atoms with van der Waals surface area (Å²) in [6, 6.07) is 14.6. The van der Waals surface area contributed by atoms with Crippen molar-refractivity contribution in [3.05, 3.63) is 63.1 Å². The molecule has 98 valence electrons. The molecule has 1 N–H and O–H groups in total. The third-order valence-corrected chi connectivity index (χ3v) is 3.60. The maximum Gasteiger partial charge on any atom is 0.118 e. The van der Waals surface area contributed by atoms with Gasteiger partial charge in [-0.25, -0.2) is 0 Å². The molecule has 0 atom stereocenters. The smallest absolute Gasteiger partial charge is 0.118 e. The Morgan fingerprint density at radius 3 is 2.25 bits per heavy atom. The van der Waals surface area contributed by atoms with Crippen molar-refractivity contribution in [1.29, 1.82) is 10.5 Å². The second-order valence-corrected chi connectivity index (χ2v) is 5.24. The van der Waals surface area contributed by atoms with E-state index in [1.165, 1.54) is 0 Å². The molecule has 0 aliphatic carbocycles. The third-order valence-electron chi connectivity index (χ3n) is 3.10. The van der Waals surface area contributed by atoms with Gasteiger partial charge in [-0.15, -0.1) is 0 Å². The first kappa shape index (κ1) is 14.1. The van der Waals surface area contributed by atoms with Crippen molar-refractivity contribution in [2.75, 3.05) is 0 Å². The van der Waals surface area contributed by atoms with E-state index in [9.17, 15) is 5.11 Å². The summed E-state index contributed by atoms with van der Waals surface area (Å²) in [7, 11) is 0. The number of aryl methyl sites for hydroxylation is 1. The maximum absolute atomic E-state index is 9.82. The summed E-state index contributed by atoms with van der Waals surface area (Å²) in [5.41, 5.74) is 2.55. The molecule has 0 aliphatic rings. The lowest BCUT2D eigenvalue weighted by molar-refractivity contribution is 0.468. The van der Waals surface area contributed by atoms with Crippen molar-refractivity contribution in [3.63, 3.8) is 0 Å². The van der Waals surface area contributed by atoms with E-state index >= 15 is 0 Å². The normalized spacial score (nSPS) is 9.75. The molecule has 0 aliphatic heterocycles. The Hall–Kier alpha value is -2.30. The van der Waals surface area contributed by atoms with E-state index in [-0.39, 0.29) is 5.75 Å². The SMILES string of the molecule is N#Cc1cccc(C#N)c1CCc1cc(Br)ccc1O. The van der Waals surface area contributed by atoms with Crippen LogP contribution in [0.2, 0.25) is 0 Å². The number of aromatic hydroxyl groups is 1. The summed E-state index contributed by atoms with van der Waals surface area (Å²) in [5, 5.41) is 28.1. The number of phenols is 1. The third kappa shape index (κ3) is 2.99. The van der Waals surface area contributed by atoms with E-state index < -0.39 is 0 Å². The zero-order chi connectivity index (χ0) is 14.5. The molecule has 0 spiro atoms. The first-order valence-corrected chi connectivity index (χ1v) is 6.84. The highest BCUT2D eigenvalue weighted by molar-refractivity contribution is 9.10. The van der Waals surface area contributed by atoms with Crippen LogP contribution >= 0.6 is 15.9 Å². The molecule has 4 heteroatoms. The lowest BCUT2D eigenvalue weighted by atomic mass is 9.96. The highest BCUT2D eigenvalue weighted by Crippen LogP contribution is 2.24. The van der Waals surface area contributed by atoms with Gasteiger partial charge in [0.1, 0.15) is 5.75 Å². The molecule has 0 aromatic heterocycles. The number of hydrogen-bond donors (Lipinski definition) is 1. The van der Waals surface area contributed by atoms with Gasteiger partial charge < -0.3 is 5.11 Å². The van der Waals surface area contributed by atoms with E-state index in [0.29, 0.717) is 24.0 Å². The van der Waals surface area contributed by atoms with Gasteiger partial charge in [-0.1, -0.05) is 22.0 Å². The standard InChI is InChI=1S/C16H11BrN2O/c17-14-5-7-16(20)11(8-14)4-6-15-12(9-18)2-1-3-13(15)10-19/h1-3,5,7-8,20H,4,6H2. The van der Waals surface area contributed by atoms with Crippen molar-refractivity contribution in [3.8, 4) is 17.9 Å². The van der Waals surface area contributed by atoms with Gasteiger partial charge in [0.05, 0.1) is 23.3 Å². The van der Waals surface area contributed by atoms with Crippen LogP contribution in [0.15, 0.2) is 40.9 Å². The van der Waals surface area contributed by atoms with Gasteiger partial charge in [-0.2, -0.15) is 10.5 Å². The van der Waals surface area contributed by atoms with E-state index in [1.807, 2.05) is 6.07 Å². The number of nitrogens with zero attached hydrogens (tertiary/aromatic N) is 2. The van der Waals surface area contributed by atoms with Crippen LogP contribution in [0, 0.1) is 22.7 Å². The van der Waals surface area contributed by atoms with Crippen LogP contribution in [0.5, 0.6) is 5.75 Å². The van der Waals surface area contributed by atoms with Crippen LogP contribution in [-0.4, -0.2) is 5.11 Å². The summed E-state index contributed by atoms with van der Waals surface area (Å²) in [5.74, 6) is 0.223. The largest absolute Gasteiger partial charge is 0.508 e. The topological polar surface area (TPSA) is 67.8 Å². The molecular formula is C16H11BrN2O. The van der Waals surface area contributed by atoms with Gasteiger partial charge in [0, 0.05) is 4.47 Å². The molecular weight excluding hydrogens is 316 g/mol. The summed E-state index contributed by atoms with van der Waals surface area (Å²) in [6.45, 7) is 0. The Labute approximate surface area is 125 Å². The molecule has 0 fully saturated rings. The quantitative estimate of drug-likeness (QED) is 0.935. The van der Waals surface area contributed by atoms with E-state index in [4.69, 9.17) is 10.5 Å². The summed E-state index contributed by atoms with van der Waals surface area (Å²) in [6.07, 6.45) is 1.11. The Morgan fingerprint density at radius 2 is 1.65 bits per heavy atom. The molecule has 0 heterocycles. The van der Waals surface area contributed by atoms with Gasteiger partial charge in [0.2, 0.25) is 0 Å². The molecule has 3 nitrogen and oxygen atoms in total. The second kappa shape index (κ2) is 6.23. The Morgan fingerprint density at radius 1 is 1.00 bits per heavy atom. The minimum Gasteiger partial charge on any atom is -0.508 e. The number of hydrogen-bond acceptors (Lipinski definition) is 3. The first-order valence-electron chi connectivity index (χ1n) is 6.05. The zero-order valence-electron chi connectivity index (χ0n) is 10.6. The van der Waals surface area contributed by atoms with Crippen LogP contribution in [0.4, 0.5) is 0 Å². The van der Waals surface area contributed by atoms with Gasteiger partial charge in [0.15, 0.2) is 0 Å².